The maximum atomic E-state index is 6.23. The Morgan fingerprint density at radius 3 is 2.40 bits per heavy atom. The maximum absolute atomic E-state index is 6.23. The molecule has 0 spiro atoms. The normalized spacial score (nSPS) is 20.8. The largest absolute Gasteiger partial charge is 0.496 e. The van der Waals surface area contributed by atoms with Crippen LogP contribution in [0.25, 0.3) is 11.0 Å². The van der Waals surface area contributed by atoms with Gasteiger partial charge in [0.05, 0.1) is 16.2 Å². The van der Waals surface area contributed by atoms with Crippen molar-refractivity contribution in [3.8, 4) is 0 Å². The maximum Gasteiger partial charge on any atom is 0.496 e. The summed E-state index contributed by atoms with van der Waals surface area (Å²) in [5, 5.41) is 1.61. The van der Waals surface area contributed by atoms with Crippen molar-refractivity contribution >= 4 is 35.2 Å². The zero-order valence-corrected chi connectivity index (χ0v) is 13.2. The molecule has 0 aromatic carbocycles. The quantitative estimate of drug-likeness (QED) is 0.758. The van der Waals surface area contributed by atoms with Crippen LogP contribution in [0.3, 0.4) is 0 Å². The minimum Gasteiger partial charge on any atom is -0.399 e. The molecule has 1 fully saturated rings. The molecule has 0 N–H and O–H groups in total. The first kappa shape index (κ1) is 13.9. The standard InChI is InChI=1S/C14H18BClN2O2/c1-13(2)14(3,4)20-15(19-13)9-6-10-11(16)8-18(5)12(10)17-7-9/h6-8H,1-5H3. The SMILES string of the molecule is Cn1cc(Cl)c2cc(B3OC(C)(C)C(C)(C)O3)cnc21. The molecule has 0 aliphatic carbocycles. The monoisotopic (exact) mass is 292 g/mol. The number of aromatic nitrogens is 2. The Kier molecular flexibility index (Phi) is 2.94. The molecule has 6 heteroatoms. The van der Waals surface area contributed by atoms with Gasteiger partial charge in [0.1, 0.15) is 5.65 Å². The number of pyridine rings is 1. The van der Waals surface area contributed by atoms with E-state index in [1.165, 1.54) is 0 Å². The molecule has 2 aromatic rings. The van der Waals surface area contributed by atoms with Gasteiger partial charge in [0, 0.05) is 30.3 Å². The zero-order chi connectivity index (χ0) is 14.7. The Morgan fingerprint density at radius 1 is 1.20 bits per heavy atom. The van der Waals surface area contributed by atoms with E-state index in [0.717, 1.165) is 16.5 Å². The minimum absolute atomic E-state index is 0.354. The van der Waals surface area contributed by atoms with E-state index in [4.69, 9.17) is 20.9 Å². The molecule has 1 aliphatic heterocycles. The molecule has 0 saturated carbocycles. The van der Waals surface area contributed by atoms with Crippen LogP contribution in [-0.2, 0) is 16.4 Å². The number of aryl methyl sites for hydroxylation is 1. The third-order valence-electron chi connectivity index (χ3n) is 4.31. The minimum atomic E-state index is -0.409. The Bertz CT molecular complexity index is 665. The summed E-state index contributed by atoms with van der Waals surface area (Å²) in [6.45, 7) is 8.14. The van der Waals surface area contributed by atoms with Gasteiger partial charge in [0.25, 0.3) is 0 Å². The summed E-state index contributed by atoms with van der Waals surface area (Å²) < 4.78 is 14.0. The van der Waals surface area contributed by atoms with E-state index in [9.17, 15) is 0 Å². The number of nitrogens with zero attached hydrogens (tertiary/aromatic N) is 2. The van der Waals surface area contributed by atoms with Crippen LogP contribution in [0.4, 0.5) is 0 Å². The highest BCUT2D eigenvalue weighted by molar-refractivity contribution is 6.62. The number of rotatable bonds is 1. The zero-order valence-electron chi connectivity index (χ0n) is 12.4. The summed E-state index contributed by atoms with van der Waals surface area (Å²) in [6, 6.07) is 1.99. The molecule has 0 radical (unpaired) electrons. The number of hydrogen-bond donors (Lipinski definition) is 0. The Labute approximate surface area is 124 Å². The Balaban J connectivity index is 2.02. The molecule has 0 bridgehead atoms. The second-order valence-electron chi connectivity index (χ2n) is 6.32. The second-order valence-corrected chi connectivity index (χ2v) is 6.72. The van der Waals surface area contributed by atoms with Crippen molar-refractivity contribution in [2.75, 3.05) is 0 Å². The lowest BCUT2D eigenvalue weighted by molar-refractivity contribution is 0.00578. The highest BCUT2D eigenvalue weighted by Crippen LogP contribution is 2.36. The van der Waals surface area contributed by atoms with Crippen LogP contribution in [0, 0.1) is 0 Å². The summed E-state index contributed by atoms with van der Waals surface area (Å²) in [6.07, 6.45) is 3.65. The Hall–Kier alpha value is -1.04. The molecule has 106 valence electrons. The average Bonchev–Trinajstić information content (AvgIpc) is 2.74. The molecule has 0 unspecified atom stereocenters. The van der Waals surface area contributed by atoms with E-state index in [1.54, 1.807) is 6.20 Å². The van der Waals surface area contributed by atoms with E-state index in [1.807, 2.05) is 51.6 Å². The fourth-order valence-electron chi connectivity index (χ4n) is 2.34. The summed E-state index contributed by atoms with van der Waals surface area (Å²) in [7, 11) is 1.52. The van der Waals surface area contributed by atoms with Crippen molar-refractivity contribution in [1.29, 1.82) is 0 Å². The van der Waals surface area contributed by atoms with Crippen LogP contribution in [0.1, 0.15) is 27.7 Å². The van der Waals surface area contributed by atoms with Gasteiger partial charge in [-0.3, -0.25) is 0 Å². The molecule has 3 rings (SSSR count). The molecular formula is C14H18BClN2O2. The lowest BCUT2D eigenvalue weighted by atomic mass is 9.80. The average molecular weight is 293 g/mol. The molecule has 1 aliphatic rings. The van der Waals surface area contributed by atoms with Gasteiger partial charge in [-0.1, -0.05) is 11.6 Å². The predicted molar refractivity (Wildman–Crippen MR) is 81.4 cm³/mol. The molecule has 0 amide bonds. The van der Waals surface area contributed by atoms with Gasteiger partial charge in [-0.05, 0) is 33.8 Å². The first-order valence-corrected chi connectivity index (χ1v) is 7.05. The molecule has 3 heterocycles. The molecule has 20 heavy (non-hydrogen) atoms. The van der Waals surface area contributed by atoms with Gasteiger partial charge < -0.3 is 13.9 Å². The van der Waals surface area contributed by atoms with Crippen molar-refractivity contribution in [1.82, 2.24) is 9.55 Å². The summed E-state index contributed by atoms with van der Waals surface area (Å²) in [5.74, 6) is 0. The van der Waals surface area contributed by atoms with Crippen molar-refractivity contribution in [3.63, 3.8) is 0 Å². The smallest absolute Gasteiger partial charge is 0.399 e. The predicted octanol–water partition coefficient (Wildman–Crippen LogP) is 2.53. The first-order chi connectivity index (χ1) is 9.21. The van der Waals surface area contributed by atoms with Gasteiger partial charge >= 0.3 is 7.12 Å². The van der Waals surface area contributed by atoms with Crippen LogP contribution in [0.5, 0.6) is 0 Å². The van der Waals surface area contributed by atoms with Gasteiger partial charge in [0.2, 0.25) is 0 Å². The van der Waals surface area contributed by atoms with Gasteiger partial charge in [-0.25, -0.2) is 4.98 Å². The third-order valence-corrected chi connectivity index (χ3v) is 4.61. The van der Waals surface area contributed by atoms with Crippen molar-refractivity contribution in [2.45, 2.75) is 38.9 Å². The van der Waals surface area contributed by atoms with Gasteiger partial charge in [0.15, 0.2) is 0 Å². The first-order valence-electron chi connectivity index (χ1n) is 6.67. The van der Waals surface area contributed by atoms with E-state index >= 15 is 0 Å². The Morgan fingerprint density at radius 2 is 1.80 bits per heavy atom. The number of halogens is 1. The van der Waals surface area contributed by atoms with Crippen LogP contribution in [0.15, 0.2) is 18.5 Å². The number of fused-ring (bicyclic) bond motifs is 1. The van der Waals surface area contributed by atoms with E-state index in [-0.39, 0.29) is 11.2 Å². The molecular weight excluding hydrogens is 274 g/mol. The van der Waals surface area contributed by atoms with Gasteiger partial charge in [-0.2, -0.15) is 0 Å². The summed E-state index contributed by atoms with van der Waals surface area (Å²) in [4.78, 5) is 4.46. The van der Waals surface area contributed by atoms with Crippen molar-refractivity contribution < 1.29 is 9.31 Å². The molecule has 1 saturated heterocycles. The van der Waals surface area contributed by atoms with Crippen LogP contribution in [0.2, 0.25) is 5.02 Å². The number of hydrogen-bond acceptors (Lipinski definition) is 3. The van der Waals surface area contributed by atoms with Crippen LogP contribution in [-0.4, -0.2) is 27.9 Å². The van der Waals surface area contributed by atoms with E-state index < -0.39 is 7.12 Å². The lowest BCUT2D eigenvalue weighted by Gasteiger charge is -2.32. The van der Waals surface area contributed by atoms with E-state index in [2.05, 4.69) is 4.98 Å². The fourth-order valence-corrected chi connectivity index (χ4v) is 2.62. The second kappa shape index (κ2) is 4.23. The van der Waals surface area contributed by atoms with Crippen molar-refractivity contribution in [2.24, 2.45) is 7.05 Å². The topological polar surface area (TPSA) is 36.3 Å². The van der Waals surface area contributed by atoms with E-state index in [0.29, 0.717) is 5.02 Å². The van der Waals surface area contributed by atoms with Crippen LogP contribution >= 0.6 is 11.6 Å². The third kappa shape index (κ3) is 1.96. The summed E-state index contributed by atoms with van der Waals surface area (Å²) in [5.41, 5.74) is 1.04. The highest BCUT2D eigenvalue weighted by Gasteiger charge is 2.51. The molecule has 0 atom stereocenters. The summed E-state index contributed by atoms with van der Waals surface area (Å²) >= 11 is 6.23. The van der Waals surface area contributed by atoms with Crippen molar-refractivity contribution in [3.05, 3.63) is 23.5 Å². The highest BCUT2D eigenvalue weighted by atomic mass is 35.5. The van der Waals surface area contributed by atoms with Crippen LogP contribution < -0.4 is 5.46 Å². The van der Waals surface area contributed by atoms with Gasteiger partial charge in [-0.15, -0.1) is 0 Å². The molecule has 4 nitrogen and oxygen atoms in total. The molecule has 2 aromatic heterocycles. The lowest BCUT2D eigenvalue weighted by Crippen LogP contribution is -2.41. The fraction of sp³-hybridized carbons (Fsp3) is 0.500.